The van der Waals surface area contributed by atoms with E-state index >= 15 is 0 Å². The third-order valence-electron chi connectivity index (χ3n) is 3.02. The molecule has 1 heterocycles. The summed E-state index contributed by atoms with van der Waals surface area (Å²) < 4.78 is 5.43. The third kappa shape index (κ3) is 3.14. The van der Waals surface area contributed by atoms with Crippen LogP contribution in [0.3, 0.4) is 0 Å². The van der Waals surface area contributed by atoms with E-state index < -0.39 is 0 Å². The lowest BCUT2D eigenvalue weighted by molar-refractivity contribution is 0.500. The molecule has 3 heteroatoms. The van der Waals surface area contributed by atoms with Crippen molar-refractivity contribution in [1.29, 1.82) is 0 Å². The summed E-state index contributed by atoms with van der Waals surface area (Å²) in [5.41, 5.74) is 8.15. The first-order valence-corrected chi connectivity index (χ1v) is 6.34. The van der Waals surface area contributed by atoms with Crippen molar-refractivity contribution in [3.8, 4) is 0 Å². The Morgan fingerprint density at radius 2 is 2.00 bits per heavy atom. The van der Waals surface area contributed by atoms with Crippen LogP contribution in [0, 0.1) is 6.92 Å². The predicted octanol–water partition coefficient (Wildman–Crippen LogP) is 2.94. The van der Waals surface area contributed by atoms with E-state index in [1.54, 1.807) is 6.26 Å². The molecule has 0 atom stereocenters. The average Bonchev–Trinajstić information content (AvgIpc) is 2.88. The molecule has 0 aliphatic heterocycles. The van der Waals surface area contributed by atoms with Crippen LogP contribution in [0.5, 0.6) is 0 Å². The van der Waals surface area contributed by atoms with E-state index in [1.807, 2.05) is 12.1 Å². The van der Waals surface area contributed by atoms with Crippen LogP contribution < -0.4 is 10.6 Å². The number of rotatable bonds is 6. The van der Waals surface area contributed by atoms with Gasteiger partial charge in [-0.25, -0.2) is 0 Å². The zero-order valence-corrected chi connectivity index (χ0v) is 10.8. The van der Waals surface area contributed by atoms with E-state index in [-0.39, 0.29) is 0 Å². The number of hydrogen-bond acceptors (Lipinski definition) is 3. The van der Waals surface area contributed by atoms with Crippen molar-refractivity contribution < 1.29 is 4.42 Å². The first-order valence-electron chi connectivity index (χ1n) is 6.34. The van der Waals surface area contributed by atoms with Gasteiger partial charge in [0, 0.05) is 12.2 Å². The molecular formula is C15H20N2O. The maximum Gasteiger partial charge on any atom is 0.123 e. The molecule has 0 spiro atoms. The fourth-order valence-corrected chi connectivity index (χ4v) is 2.08. The average molecular weight is 244 g/mol. The highest BCUT2D eigenvalue weighted by atomic mass is 16.3. The van der Waals surface area contributed by atoms with Crippen LogP contribution in [0.2, 0.25) is 0 Å². The Kier molecular flexibility index (Phi) is 4.42. The molecule has 2 aromatic rings. The molecule has 0 aliphatic rings. The lowest BCUT2D eigenvalue weighted by atomic mass is 10.1. The molecule has 3 nitrogen and oxygen atoms in total. The second kappa shape index (κ2) is 6.26. The summed E-state index contributed by atoms with van der Waals surface area (Å²) in [4.78, 5) is 2.32. The number of nitrogens with zero attached hydrogens (tertiary/aromatic N) is 1. The minimum atomic E-state index is 0.709. The Hall–Kier alpha value is -1.74. The molecule has 18 heavy (non-hydrogen) atoms. The molecule has 2 rings (SSSR count). The number of nitrogens with two attached hydrogens (primary N) is 1. The topological polar surface area (TPSA) is 42.4 Å². The Balaban J connectivity index is 2.16. The van der Waals surface area contributed by atoms with E-state index in [2.05, 4.69) is 36.1 Å². The van der Waals surface area contributed by atoms with Crippen molar-refractivity contribution in [1.82, 2.24) is 0 Å². The molecule has 0 amide bonds. The van der Waals surface area contributed by atoms with Crippen LogP contribution in [0.4, 0.5) is 5.69 Å². The van der Waals surface area contributed by atoms with Crippen LogP contribution in [0.25, 0.3) is 0 Å². The maximum atomic E-state index is 5.62. The van der Waals surface area contributed by atoms with Crippen molar-refractivity contribution in [2.45, 2.75) is 19.9 Å². The van der Waals surface area contributed by atoms with Gasteiger partial charge in [-0.1, -0.05) is 18.2 Å². The van der Waals surface area contributed by atoms with Gasteiger partial charge in [-0.05, 0) is 43.7 Å². The number of furan rings is 1. The summed E-state index contributed by atoms with van der Waals surface area (Å²) in [5.74, 6) is 0.982. The smallest absolute Gasteiger partial charge is 0.123 e. The van der Waals surface area contributed by atoms with Gasteiger partial charge in [0.2, 0.25) is 0 Å². The third-order valence-corrected chi connectivity index (χ3v) is 3.02. The molecule has 0 bridgehead atoms. The van der Waals surface area contributed by atoms with Crippen molar-refractivity contribution in [3.05, 3.63) is 54.0 Å². The maximum absolute atomic E-state index is 5.62. The molecule has 2 N–H and O–H groups in total. The van der Waals surface area contributed by atoms with Crippen LogP contribution >= 0.6 is 0 Å². The van der Waals surface area contributed by atoms with E-state index in [0.717, 1.165) is 25.3 Å². The van der Waals surface area contributed by atoms with Crippen LogP contribution in [-0.4, -0.2) is 13.1 Å². The molecule has 0 unspecified atom stereocenters. The largest absolute Gasteiger partial charge is 0.467 e. The molecule has 1 aromatic carbocycles. The minimum Gasteiger partial charge on any atom is -0.467 e. The van der Waals surface area contributed by atoms with Gasteiger partial charge >= 0.3 is 0 Å². The summed E-state index contributed by atoms with van der Waals surface area (Å²) in [5, 5.41) is 0. The van der Waals surface area contributed by atoms with Crippen molar-refractivity contribution in [3.63, 3.8) is 0 Å². The zero-order chi connectivity index (χ0) is 12.8. The number of benzene rings is 1. The molecule has 0 radical (unpaired) electrons. The van der Waals surface area contributed by atoms with E-state index in [0.29, 0.717) is 6.54 Å². The number of hydrogen-bond donors (Lipinski definition) is 1. The van der Waals surface area contributed by atoms with Crippen molar-refractivity contribution in [2.75, 3.05) is 18.0 Å². The lowest BCUT2D eigenvalue weighted by Gasteiger charge is -2.25. The lowest BCUT2D eigenvalue weighted by Crippen LogP contribution is -2.26. The number of aryl methyl sites for hydroxylation is 1. The Morgan fingerprint density at radius 1 is 1.17 bits per heavy atom. The fraction of sp³-hybridized carbons (Fsp3) is 0.333. The quantitative estimate of drug-likeness (QED) is 0.849. The van der Waals surface area contributed by atoms with Crippen molar-refractivity contribution in [2.24, 2.45) is 5.73 Å². The Morgan fingerprint density at radius 3 is 2.67 bits per heavy atom. The number of anilines is 1. The summed E-state index contributed by atoms with van der Waals surface area (Å²) >= 11 is 0. The highest BCUT2D eigenvalue weighted by Crippen LogP contribution is 2.21. The summed E-state index contributed by atoms with van der Waals surface area (Å²) in [6.45, 7) is 4.58. The molecule has 0 saturated carbocycles. The highest BCUT2D eigenvalue weighted by molar-refractivity contribution is 5.53. The van der Waals surface area contributed by atoms with E-state index in [4.69, 9.17) is 10.2 Å². The minimum absolute atomic E-state index is 0.709. The second-order valence-corrected chi connectivity index (χ2v) is 4.43. The highest BCUT2D eigenvalue weighted by Gasteiger charge is 2.10. The first kappa shape index (κ1) is 12.7. The van der Waals surface area contributed by atoms with Crippen LogP contribution in [0.15, 0.2) is 47.1 Å². The summed E-state index contributed by atoms with van der Waals surface area (Å²) in [6.07, 6.45) is 2.70. The fourth-order valence-electron chi connectivity index (χ4n) is 2.08. The SMILES string of the molecule is Cc1ccccc1N(CCCN)Cc1ccco1. The Bertz CT molecular complexity index is 465. The molecule has 0 aliphatic carbocycles. The molecular weight excluding hydrogens is 224 g/mol. The van der Waals surface area contributed by atoms with E-state index in [9.17, 15) is 0 Å². The van der Waals surface area contributed by atoms with E-state index in [1.165, 1.54) is 11.3 Å². The van der Waals surface area contributed by atoms with Crippen LogP contribution in [-0.2, 0) is 6.54 Å². The molecule has 0 saturated heterocycles. The van der Waals surface area contributed by atoms with Crippen LogP contribution in [0.1, 0.15) is 17.7 Å². The standard InChI is InChI=1S/C15H20N2O/c1-13-6-2-3-8-15(13)17(10-5-9-16)12-14-7-4-11-18-14/h2-4,6-8,11H,5,9-10,12,16H2,1H3. The summed E-state index contributed by atoms with van der Waals surface area (Å²) in [7, 11) is 0. The zero-order valence-electron chi connectivity index (χ0n) is 10.8. The van der Waals surface area contributed by atoms with Gasteiger partial charge in [0.15, 0.2) is 0 Å². The van der Waals surface area contributed by atoms with Gasteiger partial charge in [0.05, 0.1) is 12.8 Å². The van der Waals surface area contributed by atoms with Gasteiger partial charge in [-0.2, -0.15) is 0 Å². The number of para-hydroxylation sites is 1. The predicted molar refractivity (Wildman–Crippen MR) is 74.6 cm³/mol. The molecule has 96 valence electrons. The molecule has 1 aromatic heterocycles. The normalized spacial score (nSPS) is 10.6. The van der Waals surface area contributed by atoms with Crippen molar-refractivity contribution >= 4 is 5.69 Å². The van der Waals surface area contributed by atoms with Gasteiger partial charge in [0.1, 0.15) is 5.76 Å². The van der Waals surface area contributed by atoms with Gasteiger partial charge in [0.25, 0.3) is 0 Å². The molecule has 0 fully saturated rings. The second-order valence-electron chi connectivity index (χ2n) is 4.43. The Labute approximate surface area is 108 Å². The van der Waals surface area contributed by atoms with Gasteiger partial charge < -0.3 is 15.1 Å². The summed E-state index contributed by atoms with van der Waals surface area (Å²) in [6, 6.07) is 12.3. The van der Waals surface area contributed by atoms with Gasteiger partial charge in [-0.15, -0.1) is 0 Å². The monoisotopic (exact) mass is 244 g/mol. The van der Waals surface area contributed by atoms with Gasteiger partial charge in [-0.3, -0.25) is 0 Å². The first-order chi connectivity index (χ1) is 8.81.